The van der Waals surface area contributed by atoms with Crippen molar-refractivity contribution in [1.82, 2.24) is 4.98 Å². The van der Waals surface area contributed by atoms with Crippen LogP contribution >= 0.6 is 24.0 Å². The van der Waals surface area contributed by atoms with Crippen LogP contribution in [0.1, 0.15) is 5.69 Å². The van der Waals surface area contributed by atoms with E-state index in [1.54, 1.807) is 6.20 Å². The number of halogens is 2. The van der Waals surface area contributed by atoms with E-state index in [9.17, 15) is 0 Å². The second-order valence-corrected chi connectivity index (χ2v) is 18.4. The number of pyridine rings is 1. The fourth-order valence-corrected chi connectivity index (χ4v) is 0.519. The summed E-state index contributed by atoms with van der Waals surface area (Å²) in [6.07, 6.45) is 1.74. The number of hydrogen-bond acceptors (Lipinski definition) is 2. The Bertz CT molecular complexity index is 171. The van der Waals surface area contributed by atoms with Crippen LogP contribution in [0.2, 0.25) is 0 Å². The molecule has 5 heteroatoms. The maximum absolute atomic E-state index is 5.29. The molecule has 60 valence electrons. The first kappa shape index (κ1) is 12.0. The van der Waals surface area contributed by atoms with E-state index in [0.717, 1.165) is 5.69 Å². The molecular formula is C6H8Br2N2Pb. The molecule has 11 heavy (non-hydrogen) atoms. The topological polar surface area (TPSA) is 38.9 Å². The first-order chi connectivity index (χ1) is 5.35. The molecule has 0 amide bonds. The summed E-state index contributed by atoms with van der Waals surface area (Å²) in [4.78, 5) is 3.97. The van der Waals surface area contributed by atoms with Crippen molar-refractivity contribution in [3.63, 3.8) is 0 Å². The van der Waals surface area contributed by atoms with Gasteiger partial charge >= 0.3 is 43.4 Å². The predicted molar refractivity (Wildman–Crippen MR) is 55.7 cm³/mol. The molecule has 0 aliphatic carbocycles. The molecule has 0 unspecified atom stereocenters. The average molecular weight is 475 g/mol. The predicted octanol–water partition coefficient (Wildman–Crippen LogP) is 1.85. The summed E-state index contributed by atoms with van der Waals surface area (Å²) in [5, 5.41) is 0. The Morgan fingerprint density at radius 3 is 2.36 bits per heavy atom. The van der Waals surface area contributed by atoms with E-state index in [1.807, 2.05) is 18.2 Å². The third-order valence-electron chi connectivity index (χ3n) is 0.935. The van der Waals surface area contributed by atoms with E-state index in [-0.39, 0.29) is 19.4 Å². The summed E-state index contributed by atoms with van der Waals surface area (Å²) >= 11 is 6.22. The zero-order chi connectivity index (χ0) is 8.53. The zero-order valence-corrected chi connectivity index (χ0v) is 12.9. The van der Waals surface area contributed by atoms with Crippen molar-refractivity contribution in [1.29, 1.82) is 0 Å². The van der Waals surface area contributed by atoms with Crippen molar-refractivity contribution in [2.45, 2.75) is 6.54 Å². The van der Waals surface area contributed by atoms with Gasteiger partial charge in [-0.3, -0.25) is 4.98 Å². The summed E-state index contributed by atoms with van der Waals surface area (Å²) in [7, 11) is 0. The molecule has 0 aliphatic heterocycles. The number of hydrogen-bond donors (Lipinski definition) is 1. The Morgan fingerprint density at radius 1 is 1.45 bits per heavy atom. The SMILES string of the molecule is NCc1ccccn1.[Br][Pb][Br]. The molecule has 1 aromatic rings. The van der Waals surface area contributed by atoms with Crippen LogP contribution in [0.5, 0.6) is 0 Å². The number of aromatic nitrogens is 1. The summed E-state index contributed by atoms with van der Waals surface area (Å²) in [6.45, 7) is 0.529. The Kier molecular flexibility index (Phi) is 9.90. The monoisotopic (exact) mass is 474 g/mol. The van der Waals surface area contributed by atoms with Crippen LogP contribution in [0.4, 0.5) is 0 Å². The van der Waals surface area contributed by atoms with Crippen LogP contribution in [-0.4, -0.2) is 24.4 Å². The van der Waals surface area contributed by atoms with E-state index < -0.39 is 0 Å². The first-order valence-electron chi connectivity index (χ1n) is 2.91. The quantitative estimate of drug-likeness (QED) is 0.631. The molecule has 0 fully saturated rings. The minimum atomic E-state index is -0.292. The molecule has 1 heterocycles. The maximum atomic E-state index is 5.29. The number of nitrogens with two attached hydrogens (primary N) is 1. The van der Waals surface area contributed by atoms with Crippen LogP contribution in [0, 0.1) is 0 Å². The molecule has 1 aromatic heterocycles. The van der Waals surface area contributed by atoms with Crippen LogP contribution in [0.25, 0.3) is 0 Å². The fourth-order valence-electron chi connectivity index (χ4n) is 0.519. The summed E-state index contributed by atoms with van der Waals surface area (Å²) in [5.74, 6) is 0. The van der Waals surface area contributed by atoms with E-state index in [0.29, 0.717) is 6.54 Å². The van der Waals surface area contributed by atoms with Crippen molar-refractivity contribution >= 4 is 43.4 Å². The summed E-state index contributed by atoms with van der Waals surface area (Å²) < 4.78 is 0. The Balaban J connectivity index is 0.000000292. The Hall–Kier alpha value is 0.992. The van der Waals surface area contributed by atoms with Crippen molar-refractivity contribution in [2.24, 2.45) is 5.73 Å². The van der Waals surface area contributed by atoms with Crippen LogP contribution in [-0.2, 0) is 6.54 Å². The molecule has 1 rings (SSSR count). The van der Waals surface area contributed by atoms with Gasteiger partial charge in [-0.1, -0.05) is 6.07 Å². The zero-order valence-electron chi connectivity index (χ0n) is 5.80. The number of nitrogens with zero attached hydrogens (tertiary/aromatic N) is 1. The second kappa shape index (κ2) is 9.08. The third-order valence-corrected chi connectivity index (χ3v) is 0.935. The van der Waals surface area contributed by atoms with E-state index in [2.05, 4.69) is 29.0 Å². The Labute approximate surface area is 89.8 Å². The molecule has 0 atom stereocenters. The molecule has 2 nitrogen and oxygen atoms in total. The van der Waals surface area contributed by atoms with Crippen LogP contribution < -0.4 is 5.73 Å². The Morgan fingerprint density at radius 2 is 2.09 bits per heavy atom. The van der Waals surface area contributed by atoms with E-state index in [1.165, 1.54) is 0 Å². The van der Waals surface area contributed by atoms with Gasteiger partial charge in [0.25, 0.3) is 0 Å². The van der Waals surface area contributed by atoms with Gasteiger partial charge in [0.15, 0.2) is 0 Å². The summed E-state index contributed by atoms with van der Waals surface area (Å²) in [5.41, 5.74) is 6.22. The average Bonchev–Trinajstić information content (AvgIpc) is 2.08. The molecule has 0 saturated heterocycles. The van der Waals surface area contributed by atoms with Crippen LogP contribution in [0.15, 0.2) is 24.4 Å². The number of rotatable bonds is 1. The van der Waals surface area contributed by atoms with Gasteiger partial charge in [-0.25, -0.2) is 0 Å². The first-order valence-corrected chi connectivity index (χ1v) is 19.8. The molecular weight excluding hydrogens is 467 g/mol. The molecule has 2 N–H and O–H groups in total. The van der Waals surface area contributed by atoms with Gasteiger partial charge in [-0.15, -0.1) is 0 Å². The van der Waals surface area contributed by atoms with Gasteiger partial charge in [0.2, 0.25) is 0 Å². The molecule has 0 bridgehead atoms. The molecule has 2 radical (unpaired) electrons. The van der Waals surface area contributed by atoms with Gasteiger partial charge in [-0.05, 0) is 12.1 Å². The third kappa shape index (κ3) is 7.36. The fraction of sp³-hybridized carbons (Fsp3) is 0.167. The normalized spacial score (nSPS) is 8.27. The molecule has 0 spiro atoms. The molecule has 0 saturated carbocycles. The van der Waals surface area contributed by atoms with Gasteiger partial charge in [-0.2, -0.15) is 0 Å². The van der Waals surface area contributed by atoms with Crippen molar-refractivity contribution in [3.8, 4) is 0 Å². The van der Waals surface area contributed by atoms with Gasteiger partial charge < -0.3 is 5.73 Å². The van der Waals surface area contributed by atoms with Crippen molar-refractivity contribution in [2.75, 3.05) is 0 Å². The van der Waals surface area contributed by atoms with Gasteiger partial charge in [0.1, 0.15) is 0 Å². The van der Waals surface area contributed by atoms with Crippen molar-refractivity contribution < 1.29 is 0 Å². The summed E-state index contributed by atoms with van der Waals surface area (Å²) in [6, 6.07) is 5.70. The van der Waals surface area contributed by atoms with E-state index in [4.69, 9.17) is 5.73 Å². The van der Waals surface area contributed by atoms with E-state index >= 15 is 0 Å². The molecule has 0 aliphatic rings. The standard InChI is InChI=1S/C6H8N2.2BrH.Pb/c7-5-6-3-1-2-4-8-6;;;/h1-4H,5,7H2;2*1H;/q;;;+2/p-2. The minimum absolute atomic E-state index is 0.292. The molecule has 0 aromatic carbocycles. The van der Waals surface area contributed by atoms with Gasteiger partial charge in [0, 0.05) is 12.7 Å². The van der Waals surface area contributed by atoms with Crippen molar-refractivity contribution in [3.05, 3.63) is 30.1 Å². The second-order valence-electron chi connectivity index (χ2n) is 1.60. The van der Waals surface area contributed by atoms with Crippen LogP contribution in [0.3, 0.4) is 0 Å². The van der Waals surface area contributed by atoms with Gasteiger partial charge in [0.05, 0.1) is 5.69 Å².